The second-order valence-corrected chi connectivity index (χ2v) is 5.54. The Kier molecular flexibility index (Phi) is 11.1. The van der Waals surface area contributed by atoms with Crippen molar-refractivity contribution in [2.24, 2.45) is 0 Å². The second-order valence-electron chi connectivity index (χ2n) is 5.54. The first-order chi connectivity index (χ1) is 12.9. The average Bonchev–Trinajstić information content (AvgIpc) is 2.70. The summed E-state index contributed by atoms with van der Waals surface area (Å²) in [6, 6.07) is 14.0. The van der Waals surface area contributed by atoms with Crippen molar-refractivity contribution >= 4 is 5.69 Å². The Morgan fingerprint density at radius 3 is 2.00 bits per heavy atom. The normalized spacial score (nSPS) is 10.8. The molecule has 0 unspecified atom stereocenters. The zero-order valence-corrected chi connectivity index (χ0v) is 15.1. The van der Waals surface area contributed by atoms with Gasteiger partial charge in [-0.15, -0.1) is 0 Å². The molecule has 142 valence electrons. The van der Waals surface area contributed by atoms with Crippen molar-refractivity contribution in [2.45, 2.75) is 6.61 Å². The van der Waals surface area contributed by atoms with Crippen LogP contribution in [-0.2, 0) is 25.6 Å². The second kappa shape index (κ2) is 14.2. The molecule has 0 bridgehead atoms. The van der Waals surface area contributed by atoms with Gasteiger partial charge in [-0.25, -0.2) is 0 Å². The summed E-state index contributed by atoms with van der Waals surface area (Å²) >= 11 is 0. The monoisotopic (exact) mass is 360 g/mol. The van der Waals surface area contributed by atoms with Crippen molar-refractivity contribution < 1.29 is 18.9 Å². The van der Waals surface area contributed by atoms with Crippen LogP contribution in [0.5, 0.6) is 0 Å². The molecule has 6 heteroatoms. The van der Waals surface area contributed by atoms with E-state index in [1.54, 1.807) is 12.4 Å². The van der Waals surface area contributed by atoms with Crippen molar-refractivity contribution in [1.82, 2.24) is 4.98 Å². The van der Waals surface area contributed by atoms with E-state index in [-0.39, 0.29) is 0 Å². The molecule has 0 fully saturated rings. The van der Waals surface area contributed by atoms with E-state index in [1.807, 2.05) is 42.5 Å². The van der Waals surface area contributed by atoms with Crippen LogP contribution in [0.1, 0.15) is 5.56 Å². The quantitative estimate of drug-likeness (QED) is 0.493. The van der Waals surface area contributed by atoms with Gasteiger partial charge in [0.2, 0.25) is 0 Å². The molecule has 0 aliphatic carbocycles. The fraction of sp³-hybridized carbons (Fsp3) is 0.450. The van der Waals surface area contributed by atoms with Crippen molar-refractivity contribution in [3.8, 4) is 0 Å². The van der Waals surface area contributed by atoms with E-state index in [1.165, 1.54) is 0 Å². The van der Waals surface area contributed by atoms with Crippen molar-refractivity contribution in [2.75, 3.05) is 58.1 Å². The Labute approximate surface area is 155 Å². The lowest BCUT2D eigenvalue weighted by molar-refractivity contribution is -0.00318. The summed E-state index contributed by atoms with van der Waals surface area (Å²) < 4.78 is 21.9. The van der Waals surface area contributed by atoms with Gasteiger partial charge in [0.25, 0.3) is 0 Å². The molecule has 0 saturated heterocycles. The van der Waals surface area contributed by atoms with E-state index in [4.69, 9.17) is 18.9 Å². The smallest absolute Gasteiger partial charge is 0.0732 e. The number of hydrogen-bond acceptors (Lipinski definition) is 6. The minimum atomic E-state index is 0.560. The number of nitrogens with zero attached hydrogens (tertiary/aromatic N) is 1. The van der Waals surface area contributed by atoms with Gasteiger partial charge in [-0.2, -0.15) is 0 Å². The SMILES string of the molecule is c1ccc(NCCOCCOCCOCCOCc2cccnc2)cc1. The first-order valence-electron chi connectivity index (χ1n) is 8.94. The molecule has 0 atom stereocenters. The number of pyridine rings is 1. The highest BCUT2D eigenvalue weighted by molar-refractivity contribution is 5.42. The Balaban J connectivity index is 1.28. The standard InChI is InChI=1S/C20H28N2O4/c1-2-6-20(7-3-1)22-9-10-23-11-12-24-13-14-25-15-16-26-18-19-5-4-8-21-17-19/h1-8,17,22H,9-16,18H2. The van der Waals surface area contributed by atoms with Gasteiger partial charge in [-0.05, 0) is 23.8 Å². The van der Waals surface area contributed by atoms with Gasteiger partial charge in [-0.1, -0.05) is 24.3 Å². The third kappa shape index (κ3) is 10.1. The molecule has 2 rings (SSSR count). The van der Waals surface area contributed by atoms with Crippen LogP contribution in [0.25, 0.3) is 0 Å². The van der Waals surface area contributed by atoms with E-state index in [0.29, 0.717) is 52.9 Å². The zero-order chi connectivity index (χ0) is 18.1. The summed E-state index contributed by atoms with van der Waals surface area (Å²) in [6.45, 7) is 5.41. The number of ether oxygens (including phenoxy) is 4. The van der Waals surface area contributed by atoms with Gasteiger partial charge < -0.3 is 24.3 Å². The highest BCUT2D eigenvalue weighted by atomic mass is 16.6. The Bertz CT molecular complexity index is 503. The van der Waals surface area contributed by atoms with E-state index in [0.717, 1.165) is 17.8 Å². The lowest BCUT2D eigenvalue weighted by atomic mass is 10.3. The highest BCUT2D eigenvalue weighted by Gasteiger charge is 1.95. The van der Waals surface area contributed by atoms with Crippen LogP contribution in [0, 0.1) is 0 Å². The van der Waals surface area contributed by atoms with E-state index < -0.39 is 0 Å². The van der Waals surface area contributed by atoms with Crippen LogP contribution in [0.2, 0.25) is 0 Å². The van der Waals surface area contributed by atoms with Crippen molar-refractivity contribution in [3.63, 3.8) is 0 Å². The largest absolute Gasteiger partial charge is 0.383 e. The maximum Gasteiger partial charge on any atom is 0.0732 e. The topological polar surface area (TPSA) is 61.8 Å². The Hall–Kier alpha value is -1.99. The lowest BCUT2D eigenvalue weighted by Crippen LogP contribution is -2.14. The number of nitrogens with one attached hydrogen (secondary N) is 1. The molecule has 0 spiro atoms. The number of aromatic nitrogens is 1. The molecule has 6 nitrogen and oxygen atoms in total. The zero-order valence-electron chi connectivity index (χ0n) is 15.1. The molecule has 26 heavy (non-hydrogen) atoms. The minimum absolute atomic E-state index is 0.560. The lowest BCUT2D eigenvalue weighted by Gasteiger charge is -2.08. The molecule has 2 aromatic rings. The number of benzene rings is 1. The van der Waals surface area contributed by atoms with Gasteiger partial charge in [-0.3, -0.25) is 4.98 Å². The summed E-state index contributed by atoms with van der Waals surface area (Å²) in [5, 5.41) is 3.29. The summed E-state index contributed by atoms with van der Waals surface area (Å²) in [6.07, 6.45) is 3.55. The van der Waals surface area contributed by atoms with Gasteiger partial charge in [0, 0.05) is 24.6 Å². The first-order valence-corrected chi connectivity index (χ1v) is 8.94. The van der Waals surface area contributed by atoms with Crippen LogP contribution in [0.15, 0.2) is 54.9 Å². The predicted octanol–water partition coefficient (Wildman–Crippen LogP) is 2.76. The van der Waals surface area contributed by atoms with Crippen molar-refractivity contribution in [1.29, 1.82) is 0 Å². The number of para-hydroxylation sites is 1. The van der Waals surface area contributed by atoms with Crippen LogP contribution in [-0.4, -0.2) is 57.8 Å². The van der Waals surface area contributed by atoms with E-state index in [2.05, 4.69) is 10.3 Å². The van der Waals surface area contributed by atoms with Crippen molar-refractivity contribution in [3.05, 3.63) is 60.4 Å². The molecule has 0 aliphatic rings. The van der Waals surface area contributed by atoms with E-state index in [9.17, 15) is 0 Å². The van der Waals surface area contributed by atoms with Gasteiger partial charge in [0.15, 0.2) is 0 Å². The molecule has 0 amide bonds. The van der Waals surface area contributed by atoms with Crippen LogP contribution in [0.3, 0.4) is 0 Å². The molecule has 0 saturated carbocycles. The summed E-state index contributed by atoms with van der Waals surface area (Å²) in [7, 11) is 0. The van der Waals surface area contributed by atoms with Gasteiger partial charge >= 0.3 is 0 Å². The first kappa shape index (κ1) is 20.3. The average molecular weight is 360 g/mol. The summed E-state index contributed by atoms with van der Waals surface area (Å²) in [4.78, 5) is 4.04. The fourth-order valence-electron chi connectivity index (χ4n) is 2.16. The Morgan fingerprint density at radius 2 is 1.35 bits per heavy atom. The molecule has 1 heterocycles. The molecular formula is C20H28N2O4. The molecule has 1 aromatic heterocycles. The maximum absolute atomic E-state index is 5.50. The minimum Gasteiger partial charge on any atom is -0.383 e. The number of hydrogen-bond donors (Lipinski definition) is 1. The van der Waals surface area contributed by atoms with Crippen LogP contribution < -0.4 is 5.32 Å². The van der Waals surface area contributed by atoms with Crippen LogP contribution >= 0.6 is 0 Å². The van der Waals surface area contributed by atoms with E-state index >= 15 is 0 Å². The summed E-state index contributed by atoms with van der Waals surface area (Å²) in [5.41, 5.74) is 2.17. The van der Waals surface area contributed by atoms with Crippen LogP contribution in [0.4, 0.5) is 5.69 Å². The Morgan fingerprint density at radius 1 is 0.692 bits per heavy atom. The predicted molar refractivity (Wildman–Crippen MR) is 101 cm³/mol. The van der Waals surface area contributed by atoms with Gasteiger partial charge in [0.1, 0.15) is 0 Å². The molecule has 1 aromatic carbocycles. The molecular weight excluding hydrogens is 332 g/mol. The molecule has 0 radical (unpaired) electrons. The number of rotatable bonds is 15. The molecule has 1 N–H and O–H groups in total. The molecule has 0 aliphatic heterocycles. The fourth-order valence-corrected chi connectivity index (χ4v) is 2.16. The highest BCUT2D eigenvalue weighted by Crippen LogP contribution is 2.03. The summed E-state index contributed by atoms with van der Waals surface area (Å²) in [5.74, 6) is 0. The third-order valence-electron chi connectivity index (χ3n) is 3.46. The third-order valence-corrected chi connectivity index (χ3v) is 3.46. The maximum atomic E-state index is 5.50. The van der Waals surface area contributed by atoms with Gasteiger partial charge in [0.05, 0.1) is 52.9 Å². The number of anilines is 1.